The second-order valence-corrected chi connectivity index (χ2v) is 4.46. The van der Waals surface area contributed by atoms with Crippen LogP contribution >= 0.6 is 0 Å². The minimum Gasteiger partial charge on any atom is -0.481 e. The van der Waals surface area contributed by atoms with Crippen molar-refractivity contribution in [1.82, 2.24) is 4.90 Å². The molecule has 1 aliphatic rings. The maximum atomic E-state index is 11.7. The lowest BCUT2D eigenvalue weighted by molar-refractivity contribution is -0.142. The van der Waals surface area contributed by atoms with Crippen molar-refractivity contribution in [3.05, 3.63) is 0 Å². The van der Waals surface area contributed by atoms with Gasteiger partial charge in [-0.1, -0.05) is 6.92 Å². The molecule has 0 spiro atoms. The van der Waals surface area contributed by atoms with Crippen molar-refractivity contribution >= 4 is 11.9 Å². The zero-order valence-electron chi connectivity index (χ0n) is 9.40. The van der Waals surface area contributed by atoms with Gasteiger partial charge in [-0.05, 0) is 25.7 Å². The first-order valence-electron chi connectivity index (χ1n) is 5.52. The summed E-state index contributed by atoms with van der Waals surface area (Å²) in [6.07, 6.45) is 2.13. The molecular formula is C11H19NO3. The standard InChI is InChI=1S/C11H19NO3/c1-8-5-6-12(9(2)7-8)10(13)3-4-11(14)15/h8-9H,3-7H2,1-2H3,(H,14,15). The first-order chi connectivity index (χ1) is 7.00. The van der Waals surface area contributed by atoms with Crippen LogP contribution < -0.4 is 0 Å². The fourth-order valence-electron chi connectivity index (χ4n) is 2.14. The fraction of sp³-hybridized carbons (Fsp3) is 0.818. The van der Waals surface area contributed by atoms with Crippen molar-refractivity contribution in [2.24, 2.45) is 5.92 Å². The molecule has 4 heteroatoms. The molecule has 1 N–H and O–H groups in total. The van der Waals surface area contributed by atoms with E-state index in [1.54, 1.807) is 0 Å². The van der Waals surface area contributed by atoms with E-state index in [0.29, 0.717) is 5.92 Å². The quantitative estimate of drug-likeness (QED) is 0.772. The zero-order valence-corrected chi connectivity index (χ0v) is 9.40. The highest BCUT2D eigenvalue weighted by atomic mass is 16.4. The van der Waals surface area contributed by atoms with E-state index in [2.05, 4.69) is 6.92 Å². The summed E-state index contributed by atoms with van der Waals surface area (Å²) < 4.78 is 0. The summed E-state index contributed by atoms with van der Waals surface area (Å²) in [4.78, 5) is 23.9. The smallest absolute Gasteiger partial charge is 0.303 e. The van der Waals surface area contributed by atoms with Crippen LogP contribution in [-0.2, 0) is 9.59 Å². The predicted octanol–water partition coefficient (Wildman–Crippen LogP) is 1.50. The number of rotatable bonds is 3. The van der Waals surface area contributed by atoms with Crippen molar-refractivity contribution in [2.75, 3.05) is 6.54 Å². The minimum atomic E-state index is -0.901. The molecule has 4 nitrogen and oxygen atoms in total. The van der Waals surface area contributed by atoms with E-state index in [1.807, 2.05) is 11.8 Å². The number of amides is 1. The van der Waals surface area contributed by atoms with Crippen LogP contribution in [-0.4, -0.2) is 34.5 Å². The fourth-order valence-corrected chi connectivity index (χ4v) is 2.14. The van der Waals surface area contributed by atoms with Crippen LogP contribution in [0.1, 0.15) is 39.5 Å². The zero-order chi connectivity index (χ0) is 11.4. The van der Waals surface area contributed by atoms with Gasteiger partial charge in [0.2, 0.25) is 5.91 Å². The van der Waals surface area contributed by atoms with E-state index in [4.69, 9.17) is 5.11 Å². The molecule has 0 aromatic rings. The van der Waals surface area contributed by atoms with E-state index in [9.17, 15) is 9.59 Å². The first-order valence-corrected chi connectivity index (χ1v) is 5.52. The molecule has 0 bridgehead atoms. The second-order valence-electron chi connectivity index (χ2n) is 4.46. The molecule has 0 aromatic heterocycles. The van der Waals surface area contributed by atoms with Gasteiger partial charge in [-0.2, -0.15) is 0 Å². The SMILES string of the molecule is CC1CCN(C(=O)CCC(=O)O)C(C)C1. The molecule has 86 valence electrons. The number of nitrogens with zero attached hydrogens (tertiary/aromatic N) is 1. The predicted molar refractivity (Wildman–Crippen MR) is 56.4 cm³/mol. The molecule has 0 aliphatic carbocycles. The third-order valence-electron chi connectivity index (χ3n) is 3.01. The number of carboxylic acid groups (broad SMARTS) is 1. The lowest BCUT2D eigenvalue weighted by Gasteiger charge is -2.36. The van der Waals surface area contributed by atoms with Gasteiger partial charge >= 0.3 is 5.97 Å². The van der Waals surface area contributed by atoms with E-state index < -0.39 is 5.97 Å². The van der Waals surface area contributed by atoms with Crippen LogP contribution in [0.4, 0.5) is 0 Å². The van der Waals surface area contributed by atoms with E-state index in [1.165, 1.54) is 0 Å². The molecule has 0 aromatic carbocycles. The Morgan fingerprint density at radius 3 is 2.53 bits per heavy atom. The first kappa shape index (κ1) is 12.0. The molecule has 2 atom stereocenters. The van der Waals surface area contributed by atoms with Crippen LogP contribution in [0, 0.1) is 5.92 Å². The van der Waals surface area contributed by atoms with Crippen LogP contribution in [0.25, 0.3) is 0 Å². The number of carbonyl (C=O) groups excluding carboxylic acids is 1. The summed E-state index contributed by atoms with van der Waals surface area (Å²) in [6, 6.07) is 0.259. The van der Waals surface area contributed by atoms with Gasteiger partial charge in [0, 0.05) is 19.0 Å². The Bertz CT molecular complexity index is 252. The molecule has 1 aliphatic heterocycles. The van der Waals surface area contributed by atoms with E-state index >= 15 is 0 Å². The number of hydrogen-bond acceptors (Lipinski definition) is 2. The number of aliphatic carboxylic acids is 1. The Kier molecular flexibility index (Phi) is 4.12. The molecule has 2 unspecified atom stereocenters. The molecule has 0 radical (unpaired) electrons. The monoisotopic (exact) mass is 213 g/mol. The third kappa shape index (κ3) is 3.53. The number of carbonyl (C=O) groups is 2. The van der Waals surface area contributed by atoms with Crippen LogP contribution in [0.3, 0.4) is 0 Å². The van der Waals surface area contributed by atoms with Crippen molar-refractivity contribution < 1.29 is 14.7 Å². The summed E-state index contributed by atoms with van der Waals surface area (Å²) in [7, 11) is 0. The molecule has 1 rings (SSSR count). The number of piperidine rings is 1. The lowest BCUT2D eigenvalue weighted by Crippen LogP contribution is -2.44. The third-order valence-corrected chi connectivity index (χ3v) is 3.01. The number of carboxylic acids is 1. The van der Waals surface area contributed by atoms with Crippen LogP contribution in [0.5, 0.6) is 0 Å². The number of hydrogen-bond donors (Lipinski definition) is 1. The van der Waals surface area contributed by atoms with Crippen molar-refractivity contribution in [3.63, 3.8) is 0 Å². The Hall–Kier alpha value is -1.06. The Morgan fingerprint density at radius 1 is 1.33 bits per heavy atom. The molecular weight excluding hydrogens is 194 g/mol. The molecule has 15 heavy (non-hydrogen) atoms. The van der Waals surface area contributed by atoms with E-state index in [0.717, 1.165) is 19.4 Å². The second kappa shape index (κ2) is 5.14. The van der Waals surface area contributed by atoms with Crippen molar-refractivity contribution in [1.29, 1.82) is 0 Å². The van der Waals surface area contributed by atoms with Crippen molar-refractivity contribution in [2.45, 2.75) is 45.6 Å². The lowest BCUT2D eigenvalue weighted by atomic mass is 9.93. The molecule has 1 heterocycles. The topological polar surface area (TPSA) is 57.6 Å². The van der Waals surface area contributed by atoms with Gasteiger partial charge in [0.15, 0.2) is 0 Å². The average Bonchev–Trinajstić information content (AvgIpc) is 2.14. The molecule has 1 saturated heterocycles. The highest BCUT2D eigenvalue weighted by Crippen LogP contribution is 2.22. The number of likely N-dealkylation sites (tertiary alicyclic amines) is 1. The normalized spacial score (nSPS) is 26.4. The largest absolute Gasteiger partial charge is 0.481 e. The van der Waals surface area contributed by atoms with Gasteiger partial charge in [-0.25, -0.2) is 0 Å². The van der Waals surface area contributed by atoms with Crippen LogP contribution in [0.15, 0.2) is 0 Å². The Balaban J connectivity index is 2.42. The summed E-state index contributed by atoms with van der Waals surface area (Å²) in [5, 5.41) is 8.50. The maximum absolute atomic E-state index is 11.7. The summed E-state index contributed by atoms with van der Waals surface area (Å²) in [6.45, 7) is 5.00. The highest BCUT2D eigenvalue weighted by molar-refractivity contribution is 5.81. The molecule has 1 fully saturated rings. The summed E-state index contributed by atoms with van der Waals surface area (Å²) in [5.74, 6) is -0.248. The van der Waals surface area contributed by atoms with Gasteiger partial charge in [-0.15, -0.1) is 0 Å². The molecule has 1 amide bonds. The highest BCUT2D eigenvalue weighted by Gasteiger charge is 2.26. The van der Waals surface area contributed by atoms with Gasteiger partial charge in [0.25, 0.3) is 0 Å². The van der Waals surface area contributed by atoms with Gasteiger partial charge < -0.3 is 10.0 Å². The van der Waals surface area contributed by atoms with Gasteiger partial charge in [-0.3, -0.25) is 9.59 Å². The minimum absolute atomic E-state index is 0.0169. The maximum Gasteiger partial charge on any atom is 0.303 e. The Morgan fingerprint density at radius 2 is 2.00 bits per heavy atom. The summed E-state index contributed by atoms with van der Waals surface area (Å²) >= 11 is 0. The molecule has 0 saturated carbocycles. The van der Waals surface area contributed by atoms with Crippen molar-refractivity contribution in [3.8, 4) is 0 Å². The van der Waals surface area contributed by atoms with Gasteiger partial charge in [0.1, 0.15) is 0 Å². The average molecular weight is 213 g/mol. The summed E-state index contributed by atoms with van der Waals surface area (Å²) in [5.41, 5.74) is 0. The van der Waals surface area contributed by atoms with Gasteiger partial charge in [0.05, 0.1) is 6.42 Å². The van der Waals surface area contributed by atoms with E-state index in [-0.39, 0.29) is 24.8 Å². The van der Waals surface area contributed by atoms with Crippen LogP contribution in [0.2, 0.25) is 0 Å². The Labute approximate surface area is 90.3 Å².